The molecule has 5 N–H and O–H groups in total. The lowest BCUT2D eigenvalue weighted by Crippen LogP contribution is -2.19. The van der Waals surface area contributed by atoms with Gasteiger partial charge in [-0.25, -0.2) is 9.97 Å². The van der Waals surface area contributed by atoms with Gasteiger partial charge in [0.05, 0.1) is 17.8 Å². The molecular weight excluding hydrogens is 416 g/mol. The molecule has 0 radical (unpaired) electrons. The van der Waals surface area contributed by atoms with E-state index in [0.717, 1.165) is 40.1 Å². The van der Waals surface area contributed by atoms with Crippen LogP contribution in [0, 0.1) is 0 Å². The Morgan fingerprint density at radius 2 is 1.58 bits per heavy atom. The van der Waals surface area contributed by atoms with Crippen molar-refractivity contribution in [3.63, 3.8) is 0 Å². The molecule has 0 aliphatic heterocycles. The summed E-state index contributed by atoms with van der Waals surface area (Å²) in [5.41, 5.74) is 12.4. The van der Waals surface area contributed by atoms with Crippen LogP contribution in [-0.2, 0) is 24.1 Å². The van der Waals surface area contributed by atoms with E-state index in [9.17, 15) is 15.0 Å². The minimum absolute atomic E-state index is 0.135. The summed E-state index contributed by atoms with van der Waals surface area (Å²) in [5.74, 6) is 0.431. The van der Waals surface area contributed by atoms with Crippen molar-refractivity contribution < 1.29 is 15.0 Å². The molecule has 1 amide bonds. The average molecular weight is 438 g/mol. The van der Waals surface area contributed by atoms with Crippen molar-refractivity contribution in [3.8, 4) is 34.0 Å². The van der Waals surface area contributed by atoms with Crippen LogP contribution in [-0.4, -0.2) is 26.1 Å². The van der Waals surface area contributed by atoms with E-state index in [0.29, 0.717) is 23.6 Å². The molecule has 33 heavy (non-hydrogen) atoms. The quantitative estimate of drug-likeness (QED) is 0.356. The zero-order chi connectivity index (χ0) is 22.9. The van der Waals surface area contributed by atoms with E-state index in [2.05, 4.69) is 5.32 Å². The first-order valence-electron chi connectivity index (χ1n) is 10.6. The number of nitrogens with one attached hydrogen (secondary N) is 1. The first-order valence-corrected chi connectivity index (χ1v) is 10.6. The second-order valence-corrected chi connectivity index (χ2v) is 8.07. The van der Waals surface area contributed by atoms with Gasteiger partial charge in [0.25, 0.3) is 0 Å². The maximum Gasteiger partial charge on any atom is 0.230 e. The highest BCUT2D eigenvalue weighted by atomic mass is 16.3. The molecule has 0 saturated heterocycles. The predicted octanol–water partition coefficient (Wildman–Crippen LogP) is 4.08. The largest absolute Gasteiger partial charge is 0.508 e. The molecule has 1 heterocycles. The number of nitrogen functional groups attached to an aromatic ring is 1. The molecular formula is C26H22N4O3. The molecule has 0 unspecified atom stereocenters. The summed E-state index contributed by atoms with van der Waals surface area (Å²) < 4.78 is 0. The molecule has 164 valence electrons. The van der Waals surface area contributed by atoms with E-state index < -0.39 is 0 Å². The van der Waals surface area contributed by atoms with Gasteiger partial charge in [-0.2, -0.15) is 0 Å². The molecule has 0 spiro atoms. The Labute approximate surface area is 190 Å². The smallest absolute Gasteiger partial charge is 0.230 e. The van der Waals surface area contributed by atoms with Gasteiger partial charge in [-0.1, -0.05) is 18.2 Å². The highest BCUT2D eigenvalue weighted by Crippen LogP contribution is 2.36. The lowest BCUT2D eigenvalue weighted by Gasteiger charge is -2.21. The van der Waals surface area contributed by atoms with E-state index in [4.69, 9.17) is 15.7 Å². The van der Waals surface area contributed by atoms with Crippen LogP contribution in [0.1, 0.15) is 16.8 Å². The van der Waals surface area contributed by atoms with E-state index in [-0.39, 0.29) is 23.8 Å². The Morgan fingerprint density at radius 3 is 2.30 bits per heavy atom. The minimum atomic E-state index is -0.237. The Bertz CT molecular complexity index is 1350. The molecule has 0 saturated carbocycles. The summed E-state index contributed by atoms with van der Waals surface area (Å²) in [4.78, 5) is 22.5. The van der Waals surface area contributed by atoms with Crippen molar-refractivity contribution in [2.45, 2.75) is 19.3 Å². The summed E-state index contributed by atoms with van der Waals surface area (Å²) in [7, 11) is 0. The Kier molecular flexibility index (Phi) is 5.14. The number of aromatic nitrogens is 2. The van der Waals surface area contributed by atoms with Crippen molar-refractivity contribution >= 4 is 17.4 Å². The van der Waals surface area contributed by atoms with Crippen molar-refractivity contribution in [1.29, 1.82) is 0 Å². The van der Waals surface area contributed by atoms with Crippen molar-refractivity contribution in [3.05, 3.63) is 83.6 Å². The van der Waals surface area contributed by atoms with Crippen molar-refractivity contribution in [2.24, 2.45) is 0 Å². The Balaban J connectivity index is 1.55. The van der Waals surface area contributed by atoms with E-state index in [1.54, 1.807) is 48.5 Å². The highest BCUT2D eigenvalue weighted by molar-refractivity contribution is 5.95. The van der Waals surface area contributed by atoms with Crippen LogP contribution in [0.25, 0.3) is 22.5 Å². The molecule has 3 aromatic carbocycles. The molecule has 1 aromatic heterocycles. The Hall–Kier alpha value is -4.39. The number of carbonyl (C=O) groups is 1. The molecule has 0 fully saturated rings. The number of carbonyl (C=O) groups excluding carboxylic acids is 1. The van der Waals surface area contributed by atoms with Gasteiger partial charge in [-0.3, -0.25) is 4.79 Å². The molecule has 7 heteroatoms. The number of anilines is 2. The lowest BCUT2D eigenvalue weighted by atomic mass is 9.91. The van der Waals surface area contributed by atoms with Gasteiger partial charge in [-0.05, 0) is 72.5 Å². The standard InChI is InChI=1S/C26H22N4O3/c27-18-6-11-21-17(14-18)5-12-22-25(21)30-24(16-3-9-20(32)10-4-16)26(28-22)29-23(33)13-15-1-7-19(31)8-2-15/h1-4,6-11,14,31-32H,5,12-13,27H2,(H,28,29,33). The fourth-order valence-electron chi connectivity index (χ4n) is 4.05. The maximum atomic E-state index is 12.8. The van der Waals surface area contributed by atoms with Crippen LogP contribution in [0.15, 0.2) is 66.7 Å². The third-order valence-corrected chi connectivity index (χ3v) is 5.68. The topological polar surface area (TPSA) is 121 Å². The minimum Gasteiger partial charge on any atom is -0.508 e. The zero-order valence-corrected chi connectivity index (χ0v) is 17.7. The van der Waals surface area contributed by atoms with Crippen LogP contribution in [0.4, 0.5) is 11.5 Å². The molecule has 1 aliphatic carbocycles. The number of aromatic hydroxyl groups is 2. The summed E-state index contributed by atoms with van der Waals surface area (Å²) in [5, 5.41) is 22.1. The van der Waals surface area contributed by atoms with Gasteiger partial charge in [0.2, 0.25) is 5.91 Å². The van der Waals surface area contributed by atoms with Gasteiger partial charge in [0.1, 0.15) is 17.2 Å². The van der Waals surface area contributed by atoms with Gasteiger partial charge in [0.15, 0.2) is 5.82 Å². The number of fused-ring (bicyclic) bond motifs is 3. The van der Waals surface area contributed by atoms with E-state index in [1.165, 1.54) is 0 Å². The van der Waals surface area contributed by atoms with Crippen LogP contribution >= 0.6 is 0 Å². The third-order valence-electron chi connectivity index (χ3n) is 5.68. The van der Waals surface area contributed by atoms with Gasteiger partial charge in [-0.15, -0.1) is 0 Å². The molecule has 7 nitrogen and oxygen atoms in total. The molecule has 4 aromatic rings. The molecule has 5 rings (SSSR count). The summed E-state index contributed by atoms with van der Waals surface area (Å²) >= 11 is 0. The number of benzene rings is 3. The second-order valence-electron chi connectivity index (χ2n) is 8.07. The monoisotopic (exact) mass is 438 g/mol. The number of hydrogen-bond acceptors (Lipinski definition) is 6. The zero-order valence-electron chi connectivity index (χ0n) is 17.7. The number of phenols is 2. The SMILES string of the molecule is Nc1ccc2c(c1)CCc1nc(NC(=O)Cc3ccc(O)cc3)c(-c3ccc(O)cc3)nc1-2. The lowest BCUT2D eigenvalue weighted by molar-refractivity contribution is -0.115. The number of aryl methyl sites for hydroxylation is 2. The van der Waals surface area contributed by atoms with Gasteiger partial charge >= 0.3 is 0 Å². The first kappa shape index (κ1) is 20.5. The van der Waals surface area contributed by atoms with Crippen LogP contribution in [0.5, 0.6) is 11.5 Å². The number of nitrogens with zero attached hydrogens (tertiary/aromatic N) is 2. The fraction of sp³-hybridized carbons (Fsp3) is 0.115. The fourth-order valence-corrected chi connectivity index (χ4v) is 4.05. The van der Waals surface area contributed by atoms with Crippen LogP contribution in [0.3, 0.4) is 0 Å². The molecule has 0 atom stereocenters. The summed E-state index contributed by atoms with van der Waals surface area (Å²) in [6.45, 7) is 0. The normalized spacial score (nSPS) is 12.0. The first-order chi connectivity index (χ1) is 16.0. The van der Waals surface area contributed by atoms with Crippen LogP contribution in [0.2, 0.25) is 0 Å². The third kappa shape index (κ3) is 4.21. The number of nitrogens with two attached hydrogens (primary N) is 1. The second kappa shape index (κ2) is 8.27. The van der Waals surface area contributed by atoms with Crippen LogP contribution < -0.4 is 11.1 Å². The highest BCUT2D eigenvalue weighted by Gasteiger charge is 2.23. The van der Waals surface area contributed by atoms with Gasteiger partial charge < -0.3 is 21.3 Å². The maximum absolute atomic E-state index is 12.8. The van der Waals surface area contributed by atoms with Crippen molar-refractivity contribution in [2.75, 3.05) is 11.1 Å². The molecule has 1 aliphatic rings. The predicted molar refractivity (Wildman–Crippen MR) is 127 cm³/mol. The average Bonchev–Trinajstić information content (AvgIpc) is 2.80. The van der Waals surface area contributed by atoms with Gasteiger partial charge in [0, 0.05) is 16.8 Å². The number of rotatable bonds is 4. The van der Waals surface area contributed by atoms with E-state index >= 15 is 0 Å². The summed E-state index contributed by atoms with van der Waals surface area (Å²) in [6, 6.07) is 18.9. The molecule has 0 bridgehead atoms. The van der Waals surface area contributed by atoms with Crippen molar-refractivity contribution in [1.82, 2.24) is 9.97 Å². The summed E-state index contributed by atoms with van der Waals surface area (Å²) in [6.07, 6.45) is 1.62. The number of amides is 1. The van der Waals surface area contributed by atoms with E-state index in [1.807, 2.05) is 18.2 Å². The Morgan fingerprint density at radius 1 is 0.879 bits per heavy atom. The number of hydrogen-bond donors (Lipinski definition) is 4. The number of phenolic OH excluding ortho intramolecular Hbond substituents is 2.